The molecule has 62 valence electrons. The molecular formula is C6H5N3O3. The van der Waals surface area contributed by atoms with E-state index in [-0.39, 0.29) is 23.8 Å². The lowest BCUT2D eigenvalue weighted by molar-refractivity contribution is -0.116. The van der Waals surface area contributed by atoms with E-state index in [1.54, 1.807) is 0 Å². The molecule has 2 heterocycles. The fourth-order valence-electron chi connectivity index (χ4n) is 1.10. The van der Waals surface area contributed by atoms with Crippen LogP contribution in [0, 0.1) is 0 Å². The second kappa shape index (κ2) is 2.07. The highest BCUT2D eigenvalue weighted by atomic mass is 16.4. The van der Waals surface area contributed by atoms with Crippen molar-refractivity contribution in [2.75, 3.05) is 5.32 Å². The molecule has 1 aliphatic rings. The molecule has 0 saturated carbocycles. The molecule has 0 atom stereocenters. The molecule has 0 aliphatic carbocycles. The molecule has 6 nitrogen and oxygen atoms in total. The Morgan fingerprint density at radius 3 is 3.17 bits per heavy atom. The first-order valence-electron chi connectivity index (χ1n) is 3.27. The van der Waals surface area contributed by atoms with Gasteiger partial charge in [0, 0.05) is 0 Å². The molecule has 2 rings (SSSR count). The van der Waals surface area contributed by atoms with Gasteiger partial charge in [0.15, 0.2) is 0 Å². The number of anilines is 1. The molecule has 0 spiro atoms. The van der Waals surface area contributed by atoms with Gasteiger partial charge in [-0.05, 0) is 0 Å². The summed E-state index contributed by atoms with van der Waals surface area (Å²) in [6, 6.07) is 0. The van der Waals surface area contributed by atoms with E-state index in [1.807, 2.05) is 0 Å². The van der Waals surface area contributed by atoms with Crippen molar-refractivity contribution >= 4 is 17.7 Å². The number of aromatic carboxylic acids is 1. The summed E-state index contributed by atoms with van der Waals surface area (Å²) in [6.45, 7) is 0.0998. The van der Waals surface area contributed by atoms with Crippen LogP contribution in [0.1, 0.15) is 10.4 Å². The van der Waals surface area contributed by atoms with Crippen molar-refractivity contribution in [3.8, 4) is 0 Å². The van der Waals surface area contributed by atoms with Gasteiger partial charge in [-0.1, -0.05) is 0 Å². The van der Waals surface area contributed by atoms with Gasteiger partial charge in [-0.25, -0.2) is 9.48 Å². The van der Waals surface area contributed by atoms with Gasteiger partial charge in [-0.2, -0.15) is 5.10 Å². The minimum Gasteiger partial charge on any atom is -0.477 e. The van der Waals surface area contributed by atoms with E-state index in [2.05, 4.69) is 10.4 Å². The van der Waals surface area contributed by atoms with Crippen LogP contribution in [0.25, 0.3) is 0 Å². The van der Waals surface area contributed by atoms with Gasteiger partial charge in [0.05, 0.1) is 6.20 Å². The lowest BCUT2D eigenvalue weighted by Gasteiger charge is -1.92. The Hall–Kier alpha value is -1.85. The van der Waals surface area contributed by atoms with Crippen molar-refractivity contribution in [1.82, 2.24) is 9.78 Å². The fraction of sp³-hybridized carbons (Fsp3) is 0.167. The van der Waals surface area contributed by atoms with Crippen molar-refractivity contribution in [3.63, 3.8) is 0 Å². The molecule has 0 aromatic carbocycles. The van der Waals surface area contributed by atoms with Crippen LogP contribution in [-0.2, 0) is 11.3 Å². The molecule has 0 bridgehead atoms. The number of hydrogen-bond acceptors (Lipinski definition) is 3. The number of aromatic nitrogens is 2. The van der Waals surface area contributed by atoms with E-state index in [1.165, 1.54) is 10.9 Å². The maximum Gasteiger partial charge on any atom is 0.341 e. The summed E-state index contributed by atoms with van der Waals surface area (Å²) in [4.78, 5) is 21.3. The highest BCUT2D eigenvalue weighted by molar-refractivity contribution is 6.01. The van der Waals surface area contributed by atoms with Crippen LogP contribution >= 0.6 is 0 Å². The maximum atomic E-state index is 10.8. The van der Waals surface area contributed by atoms with Gasteiger partial charge in [0.2, 0.25) is 5.91 Å². The molecule has 0 unspecified atom stereocenters. The first kappa shape index (κ1) is 6.84. The Balaban J connectivity index is 2.50. The van der Waals surface area contributed by atoms with Crippen molar-refractivity contribution < 1.29 is 14.7 Å². The number of carbonyl (C=O) groups is 2. The van der Waals surface area contributed by atoms with Gasteiger partial charge in [0.25, 0.3) is 0 Å². The minimum absolute atomic E-state index is 0.0286. The lowest BCUT2D eigenvalue weighted by atomic mass is 10.3. The van der Waals surface area contributed by atoms with Crippen LogP contribution in [0.4, 0.5) is 5.82 Å². The summed E-state index contributed by atoms with van der Waals surface area (Å²) < 4.78 is 1.33. The SMILES string of the molecule is O=C1Cn2ncc(C(=O)O)c2N1. The summed E-state index contributed by atoms with van der Waals surface area (Å²) in [5.74, 6) is -1.05. The Labute approximate surface area is 66.8 Å². The number of rotatable bonds is 1. The van der Waals surface area contributed by atoms with Crippen molar-refractivity contribution in [2.24, 2.45) is 0 Å². The highest BCUT2D eigenvalue weighted by Gasteiger charge is 2.24. The molecule has 1 amide bonds. The molecule has 1 aromatic rings. The number of carbonyl (C=O) groups excluding carboxylic acids is 1. The highest BCUT2D eigenvalue weighted by Crippen LogP contribution is 2.19. The van der Waals surface area contributed by atoms with Gasteiger partial charge in [-0.15, -0.1) is 0 Å². The van der Waals surface area contributed by atoms with Crippen LogP contribution in [0.2, 0.25) is 0 Å². The molecule has 1 aliphatic heterocycles. The topological polar surface area (TPSA) is 84.2 Å². The normalized spacial score (nSPS) is 14.2. The zero-order valence-corrected chi connectivity index (χ0v) is 5.94. The molecule has 1 aromatic heterocycles. The lowest BCUT2D eigenvalue weighted by Crippen LogP contribution is -2.08. The summed E-state index contributed by atoms with van der Waals surface area (Å²) in [5, 5.41) is 14.7. The molecule has 0 saturated heterocycles. The first-order chi connectivity index (χ1) is 5.68. The first-order valence-corrected chi connectivity index (χ1v) is 3.27. The van der Waals surface area contributed by atoms with Crippen LogP contribution in [0.15, 0.2) is 6.20 Å². The van der Waals surface area contributed by atoms with E-state index in [4.69, 9.17) is 5.11 Å². The molecule has 0 radical (unpaired) electrons. The molecule has 6 heteroatoms. The van der Waals surface area contributed by atoms with E-state index in [9.17, 15) is 9.59 Å². The van der Waals surface area contributed by atoms with Crippen LogP contribution in [0.3, 0.4) is 0 Å². The van der Waals surface area contributed by atoms with Crippen molar-refractivity contribution in [2.45, 2.75) is 6.54 Å². The second-order valence-electron chi connectivity index (χ2n) is 2.42. The van der Waals surface area contributed by atoms with Crippen LogP contribution in [-0.4, -0.2) is 26.8 Å². The minimum atomic E-state index is -1.08. The average Bonchev–Trinajstić information content (AvgIpc) is 2.43. The number of nitrogens with zero attached hydrogens (tertiary/aromatic N) is 2. The largest absolute Gasteiger partial charge is 0.477 e. The zero-order valence-electron chi connectivity index (χ0n) is 5.94. The summed E-state index contributed by atoms with van der Waals surface area (Å²) in [5.41, 5.74) is 0.0286. The van der Waals surface area contributed by atoms with E-state index < -0.39 is 5.97 Å². The van der Waals surface area contributed by atoms with Crippen LogP contribution < -0.4 is 5.32 Å². The molecule has 12 heavy (non-hydrogen) atoms. The van der Waals surface area contributed by atoms with Gasteiger partial charge in [0.1, 0.15) is 17.9 Å². The van der Waals surface area contributed by atoms with E-state index >= 15 is 0 Å². The maximum absolute atomic E-state index is 10.8. The van der Waals surface area contributed by atoms with Gasteiger partial charge < -0.3 is 10.4 Å². The number of hydrogen-bond donors (Lipinski definition) is 2. The van der Waals surface area contributed by atoms with Gasteiger partial charge >= 0.3 is 5.97 Å². The predicted molar refractivity (Wildman–Crippen MR) is 37.8 cm³/mol. The average molecular weight is 167 g/mol. The summed E-state index contributed by atoms with van der Waals surface area (Å²) in [6.07, 6.45) is 1.22. The third-order valence-electron chi connectivity index (χ3n) is 1.62. The Bertz CT molecular complexity index is 368. The Morgan fingerprint density at radius 2 is 2.50 bits per heavy atom. The summed E-state index contributed by atoms with van der Waals surface area (Å²) >= 11 is 0. The van der Waals surface area contributed by atoms with Crippen LogP contribution in [0.5, 0.6) is 0 Å². The van der Waals surface area contributed by atoms with E-state index in [0.29, 0.717) is 0 Å². The zero-order chi connectivity index (χ0) is 8.72. The fourth-order valence-corrected chi connectivity index (χ4v) is 1.10. The van der Waals surface area contributed by atoms with Gasteiger partial charge in [-0.3, -0.25) is 4.79 Å². The third kappa shape index (κ3) is 0.777. The second-order valence-corrected chi connectivity index (χ2v) is 2.42. The number of amides is 1. The molecular weight excluding hydrogens is 162 g/mol. The Kier molecular flexibility index (Phi) is 1.18. The number of carboxylic acids is 1. The molecule has 2 N–H and O–H groups in total. The smallest absolute Gasteiger partial charge is 0.341 e. The standard InChI is InChI=1S/C6H5N3O3/c10-4-2-9-5(8-4)3(1-7-9)6(11)12/h1H,2H2,(H,8,10)(H,11,12). The predicted octanol–water partition coefficient (Wildman–Crippen LogP) is -0.467. The molecule has 0 fully saturated rings. The van der Waals surface area contributed by atoms with Crippen molar-refractivity contribution in [1.29, 1.82) is 0 Å². The van der Waals surface area contributed by atoms with Crippen molar-refractivity contribution in [3.05, 3.63) is 11.8 Å². The Morgan fingerprint density at radius 1 is 1.75 bits per heavy atom. The number of carboxylic acid groups (broad SMARTS) is 1. The third-order valence-corrected chi connectivity index (χ3v) is 1.62. The van der Waals surface area contributed by atoms with E-state index in [0.717, 1.165) is 0 Å². The monoisotopic (exact) mass is 167 g/mol. The number of nitrogens with one attached hydrogen (secondary N) is 1. The number of fused-ring (bicyclic) bond motifs is 1. The quantitative estimate of drug-likeness (QED) is 0.592. The summed E-state index contributed by atoms with van der Waals surface area (Å²) in [7, 11) is 0.